The van der Waals surface area contributed by atoms with Gasteiger partial charge in [-0.3, -0.25) is 19.2 Å². The number of likely N-dealkylation sites (N-methyl/N-ethyl adjacent to an activating group) is 2. The molecule has 7 amide bonds. The quantitative estimate of drug-likeness (QED) is 0.0229. The van der Waals surface area contributed by atoms with Crippen LogP contribution in [0.25, 0.3) is 0 Å². The van der Waals surface area contributed by atoms with Gasteiger partial charge in [-0.1, -0.05) is 88.4 Å². The Morgan fingerprint density at radius 1 is 0.825 bits per heavy atom. The van der Waals surface area contributed by atoms with E-state index >= 15 is 9.59 Å². The second-order valence-electron chi connectivity index (χ2n) is 27.2. The number of amides is 7. The van der Waals surface area contributed by atoms with Gasteiger partial charge in [0, 0.05) is 78.8 Å². The summed E-state index contributed by atoms with van der Waals surface area (Å²) in [6.07, 6.45) is -11.8. The molecule has 0 spiro atoms. The first-order valence-electron chi connectivity index (χ1n) is 32.2. The van der Waals surface area contributed by atoms with Crippen LogP contribution in [-0.2, 0) is 73.2 Å². The highest BCUT2D eigenvalue weighted by molar-refractivity contribution is 5.98. The fourth-order valence-electron chi connectivity index (χ4n) is 13.4. The molecular weight excluding hydrogens is 1260 g/mol. The van der Waals surface area contributed by atoms with E-state index in [-0.39, 0.29) is 73.9 Å². The van der Waals surface area contributed by atoms with Crippen LogP contribution in [0.2, 0.25) is 0 Å². The monoisotopic (exact) mass is 1350 g/mol. The van der Waals surface area contributed by atoms with E-state index in [9.17, 15) is 43.5 Å². The van der Waals surface area contributed by atoms with E-state index in [0.29, 0.717) is 17.7 Å². The van der Waals surface area contributed by atoms with Crippen molar-refractivity contribution in [3.8, 4) is 0 Å². The molecule has 2 bridgehead atoms. The van der Waals surface area contributed by atoms with E-state index in [1.54, 1.807) is 135 Å². The summed E-state index contributed by atoms with van der Waals surface area (Å²) in [6, 6.07) is 18.2. The minimum absolute atomic E-state index is 0.0471. The highest BCUT2D eigenvalue weighted by atomic mass is 16.6. The first-order chi connectivity index (χ1) is 45.5. The third-order valence-corrected chi connectivity index (χ3v) is 18.8. The average Bonchev–Trinajstić information content (AvgIpc) is 0.669. The van der Waals surface area contributed by atoms with E-state index < -0.39 is 155 Å². The number of benzene rings is 3. The van der Waals surface area contributed by atoms with Crippen molar-refractivity contribution in [1.29, 1.82) is 0 Å². The van der Waals surface area contributed by atoms with Crippen LogP contribution < -0.4 is 32.7 Å². The van der Waals surface area contributed by atoms with Gasteiger partial charge in [-0.25, -0.2) is 28.8 Å². The number of nitrogens with one attached hydrogen (secondary N) is 4. The lowest BCUT2D eigenvalue weighted by Crippen LogP contribution is -2.82. The van der Waals surface area contributed by atoms with Crippen LogP contribution >= 0.6 is 0 Å². The Hall–Kier alpha value is -8.70. The number of ether oxygens (including phenoxy) is 9. The number of primary amides is 1. The highest BCUT2D eigenvalue weighted by Gasteiger charge is 2.78. The van der Waals surface area contributed by atoms with Crippen LogP contribution in [0.15, 0.2) is 96.1 Å². The van der Waals surface area contributed by atoms with Crippen LogP contribution in [0.3, 0.4) is 0 Å². The van der Waals surface area contributed by atoms with Gasteiger partial charge in [0.2, 0.25) is 17.9 Å². The van der Waals surface area contributed by atoms with Gasteiger partial charge < -0.3 is 90.3 Å². The van der Waals surface area contributed by atoms with Gasteiger partial charge in [0.05, 0.1) is 35.6 Å². The molecule has 28 nitrogen and oxygen atoms in total. The summed E-state index contributed by atoms with van der Waals surface area (Å²) < 4.78 is 55.2. The van der Waals surface area contributed by atoms with Gasteiger partial charge in [-0.05, 0) is 99.9 Å². The molecular formula is C69H94N8O20. The number of methoxy groups -OCH3 is 2. The summed E-state index contributed by atoms with van der Waals surface area (Å²) in [5, 5.41) is 24.8. The van der Waals surface area contributed by atoms with E-state index in [1.165, 1.54) is 52.3 Å². The number of aliphatic hydroxyl groups is 1. The highest BCUT2D eigenvalue weighted by Crippen LogP contribution is 2.65. The summed E-state index contributed by atoms with van der Waals surface area (Å²) in [5.74, 6) is -6.21. The second kappa shape index (κ2) is 31.2. The molecule has 1 heterocycles. The molecule has 97 heavy (non-hydrogen) atoms. The Balaban J connectivity index is 1.16. The number of ketones is 1. The Labute approximate surface area is 564 Å². The van der Waals surface area contributed by atoms with E-state index in [4.69, 9.17) is 54.1 Å². The number of rotatable bonds is 25. The van der Waals surface area contributed by atoms with E-state index in [2.05, 4.69) is 21.3 Å². The topological polar surface area (TPSA) is 381 Å². The summed E-state index contributed by atoms with van der Waals surface area (Å²) >= 11 is 0. The smallest absolute Gasteiger partial charge is 0.410 e. The number of hydrogen-bond donors (Lipinski definition) is 7. The number of nitrogens with zero attached hydrogens (tertiary/aromatic N) is 2. The molecule has 1 saturated heterocycles. The Kier molecular flexibility index (Phi) is 24.4. The standard InChI is InChI=1S/C69H94N8O20/c1-38(2)50(70)58(81)74-45(26-21-31-72-61(71)84)57(80)73-44-29-27-41(28-30-44)36-91-63(86)76(11)32-33-77(12)64(87)94-53(51(42-22-17-15-18-23-42)75-62(85)97-65(5,6)7)60(83)93-46-35-69(88)56(95-59(82)43-24-19-16-20-25-43)54-67(10,55(79)52(90-14)49(39(46)3)66(69,8)9)47(89-13)34-48-68(54,37-92-48)96-40(4)78/h15-20,22-25,27-30,38,45-48,50-54,56,88H,21,26,31-37,70H2,1-14H3,(H,73,80)(H,74,81)(H,75,85)(H3,71,72,84)/t45-,46-,47-,48+,50-,51-,52+,53+,54-,56-,67+,68-,69+/m0/s1. The molecule has 13 atom stereocenters. The van der Waals surface area contributed by atoms with Crippen LogP contribution in [0.4, 0.5) is 24.9 Å². The van der Waals surface area contributed by atoms with Crippen molar-refractivity contribution in [2.45, 2.75) is 173 Å². The number of nitrogens with two attached hydrogens (primary N) is 2. The van der Waals surface area contributed by atoms with Crippen molar-refractivity contribution in [2.75, 3.05) is 59.9 Å². The van der Waals surface area contributed by atoms with Crippen LogP contribution in [-0.4, -0.2) is 195 Å². The zero-order chi connectivity index (χ0) is 71.7. The maximum atomic E-state index is 16.0. The second-order valence-corrected chi connectivity index (χ2v) is 27.2. The van der Waals surface area contributed by atoms with Gasteiger partial charge in [0.1, 0.15) is 54.3 Å². The lowest BCUT2D eigenvalue weighted by molar-refractivity contribution is -0.347. The summed E-state index contributed by atoms with van der Waals surface area (Å²) in [7, 11) is 5.48. The van der Waals surface area contributed by atoms with Crippen molar-refractivity contribution >= 4 is 65.5 Å². The summed E-state index contributed by atoms with van der Waals surface area (Å²) in [5.41, 5.74) is 4.28. The number of esters is 3. The van der Waals surface area contributed by atoms with E-state index in [1.807, 2.05) is 0 Å². The maximum absolute atomic E-state index is 16.0. The lowest BCUT2D eigenvalue weighted by Gasteiger charge is -2.67. The van der Waals surface area contributed by atoms with E-state index in [0.717, 1.165) is 4.90 Å². The van der Waals surface area contributed by atoms with Crippen LogP contribution in [0, 0.1) is 22.7 Å². The van der Waals surface area contributed by atoms with Crippen molar-refractivity contribution in [1.82, 2.24) is 25.8 Å². The number of urea groups is 1. The molecule has 2 saturated carbocycles. The zero-order valence-corrected chi connectivity index (χ0v) is 57.6. The van der Waals surface area contributed by atoms with Gasteiger partial charge in [0.15, 0.2) is 11.4 Å². The SMILES string of the molecule is CO[C@H]1C(=O)[C@]2(C)[C@@H](OC)C[C@H]3OC[C@@]3(OC(C)=O)[C@H]2[C@H](OC(=O)c2ccccc2)[C@]2(O)C[C@H](OC(=O)[C@H](OC(=O)N(C)CCN(C)C(=O)OCc3ccc(NC(=O)[C@H](CCCNC(N)=O)NC(=O)[C@@H](N)C(C)C)cc3)[C@@H](NC(=O)OC(C)(C)C)c3ccccc3)C(C)=C1C2(C)C. The van der Waals surface area contributed by atoms with Crippen LogP contribution in [0.1, 0.15) is 122 Å². The molecule has 3 fully saturated rings. The molecule has 4 aliphatic rings. The molecule has 0 aromatic heterocycles. The molecule has 1 aliphatic heterocycles. The zero-order valence-electron chi connectivity index (χ0n) is 57.6. The van der Waals surface area contributed by atoms with Gasteiger partial charge in [-0.2, -0.15) is 0 Å². The number of alkyl carbamates (subject to hydrolysis) is 1. The summed E-state index contributed by atoms with van der Waals surface area (Å²) in [4.78, 5) is 141. The fourth-order valence-corrected chi connectivity index (χ4v) is 13.4. The molecule has 0 radical (unpaired) electrons. The molecule has 0 unspecified atom stereocenters. The Morgan fingerprint density at radius 2 is 1.44 bits per heavy atom. The van der Waals surface area contributed by atoms with Crippen molar-refractivity contribution in [3.05, 3.63) is 113 Å². The number of Topliss-reactive ketones (excluding diaryl/α,β-unsaturated/α-hetero) is 1. The molecule has 3 aromatic carbocycles. The normalized spacial score (nSPS) is 25.2. The van der Waals surface area contributed by atoms with Crippen molar-refractivity contribution in [3.63, 3.8) is 0 Å². The third kappa shape index (κ3) is 16.8. The maximum Gasteiger partial charge on any atom is 0.410 e. The minimum Gasteiger partial charge on any atom is -0.455 e. The third-order valence-electron chi connectivity index (χ3n) is 18.8. The molecule has 7 rings (SSSR count). The lowest BCUT2D eigenvalue weighted by atomic mass is 9.44. The van der Waals surface area contributed by atoms with Crippen LogP contribution in [0.5, 0.6) is 0 Å². The van der Waals surface area contributed by atoms with Gasteiger partial charge in [0.25, 0.3) is 0 Å². The molecule has 28 heteroatoms. The Morgan fingerprint density at radius 3 is 2.00 bits per heavy atom. The Bertz CT molecular complexity index is 3400. The van der Waals surface area contributed by atoms with Crippen molar-refractivity contribution in [2.24, 2.45) is 34.1 Å². The average molecular weight is 1360 g/mol. The molecule has 9 N–H and O–H groups in total. The molecule has 3 aliphatic carbocycles. The predicted molar refractivity (Wildman–Crippen MR) is 350 cm³/mol. The van der Waals surface area contributed by atoms with Gasteiger partial charge in [-0.15, -0.1) is 0 Å². The number of carbonyl (C=O) groups excluding carboxylic acids is 10. The molecule has 530 valence electrons. The fraction of sp³-hybridized carbons (Fsp3) is 0.565. The predicted octanol–water partition coefficient (Wildman–Crippen LogP) is 5.77. The minimum atomic E-state index is -2.38. The number of fused-ring (bicyclic) bond motifs is 5. The summed E-state index contributed by atoms with van der Waals surface area (Å²) in [6.45, 7) is 15.4. The number of hydrogen-bond acceptors (Lipinski definition) is 21. The first kappa shape index (κ1) is 75.7. The largest absolute Gasteiger partial charge is 0.455 e. The number of anilines is 1. The molecule has 3 aromatic rings. The first-order valence-corrected chi connectivity index (χ1v) is 32.2. The number of carbonyl (C=O) groups is 10. The van der Waals surface area contributed by atoms with Crippen molar-refractivity contribution < 1.29 is 95.7 Å². The van der Waals surface area contributed by atoms with Gasteiger partial charge >= 0.3 is 42.2 Å².